The van der Waals surface area contributed by atoms with Crippen molar-refractivity contribution in [3.63, 3.8) is 0 Å². The number of likely N-dealkylation sites (N-methyl/N-ethyl adjacent to an activating group) is 1. The first-order valence-electron chi connectivity index (χ1n) is 12.2. The predicted molar refractivity (Wildman–Crippen MR) is 157 cm³/mol. The molecule has 0 radical (unpaired) electrons. The van der Waals surface area contributed by atoms with Gasteiger partial charge >= 0.3 is 0 Å². The number of hydrogen-bond donors (Lipinski definition) is 1. The third kappa shape index (κ3) is 7.06. The summed E-state index contributed by atoms with van der Waals surface area (Å²) < 4.78 is 28.9. The van der Waals surface area contributed by atoms with E-state index in [0.29, 0.717) is 26.2 Å². The van der Waals surface area contributed by atoms with Crippen LogP contribution < -0.4 is 9.62 Å². The van der Waals surface area contributed by atoms with Crippen molar-refractivity contribution in [2.24, 2.45) is 0 Å². The third-order valence-corrected chi connectivity index (χ3v) is 9.06. The average molecular weight is 611 g/mol. The number of nitrogens with one attached hydrogen (secondary N) is 1. The number of aryl methyl sites for hydroxylation is 2. The Morgan fingerprint density at radius 3 is 2.10 bits per heavy atom. The van der Waals surface area contributed by atoms with Gasteiger partial charge in [0.1, 0.15) is 12.6 Å². The summed E-state index contributed by atoms with van der Waals surface area (Å²) >= 11 is 18.9. The molecule has 0 heterocycles. The molecule has 3 aromatic carbocycles. The van der Waals surface area contributed by atoms with Gasteiger partial charge in [-0.3, -0.25) is 13.9 Å². The number of amides is 2. The van der Waals surface area contributed by atoms with Gasteiger partial charge in [0, 0.05) is 34.2 Å². The number of carbonyl (C=O) groups excluding carboxylic acids is 2. The lowest BCUT2D eigenvalue weighted by Crippen LogP contribution is -2.52. The van der Waals surface area contributed by atoms with Crippen molar-refractivity contribution in [2.45, 2.75) is 44.7 Å². The number of hydrogen-bond acceptors (Lipinski definition) is 4. The Balaban J connectivity index is 2.13. The second-order valence-electron chi connectivity index (χ2n) is 9.02. The van der Waals surface area contributed by atoms with Crippen LogP contribution in [0, 0.1) is 13.8 Å². The van der Waals surface area contributed by atoms with Gasteiger partial charge in [-0.15, -0.1) is 0 Å². The van der Waals surface area contributed by atoms with Crippen molar-refractivity contribution >= 4 is 62.3 Å². The van der Waals surface area contributed by atoms with Crippen LogP contribution in [0.4, 0.5) is 5.69 Å². The largest absolute Gasteiger partial charge is 0.357 e. The molecule has 2 amide bonds. The molecule has 1 atom stereocenters. The van der Waals surface area contributed by atoms with E-state index in [1.807, 2.05) is 6.92 Å². The summed E-state index contributed by atoms with van der Waals surface area (Å²) in [6.45, 7) is 4.65. The van der Waals surface area contributed by atoms with Gasteiger partial charge in [-0.25, -0.2) is 8.42 Å². The lowest BCUT2D eigenvalue weighted by molar-refractivity contribution is -0.140. The second kappa shape index (κ2) is 13.0. The molecule has 0 aromatic heterocycles. The molecule has 0 aliphatic carbocycles. The van der Waals surface area contributed by atoms with Gasteiger partial charge in [0.25, 0.3) is 10.0 Å². The van der Waals surface area contributed by atoms with Gasteiger partial charge < -0.3 is 10.2 Å². The van der Waals surface area contributed by atoms with Crippen molar-refractivity contribution in [3.05, 3.63) is 92.4 Å². The van der Waals surface area contributed by atoms with Crippen LogP contribution >= 0.6 is 34.8 Å². The van der Waals surface area contributed by atoms with Crippen molar-refractivity contribution in [1.29, 1.82) is 0 Å². The van der Waals surface area contributed by atoms with Crippen molar-refractivity contribution in [2.75, 3.05) is 17.9 Å². The summed E-state index contributed by atoms with van der Waals surface area (Å²) in [5.41, 5.74) is 2.19. The number of rotatable bonds is 10. The summed E-state index contributed by atoms with van der Waals surface area (Å²) in [4.78, 5) is 28.2. The Hall–Kier alpha value is -2.78. The van der Waals surface area contributed by atoms with Crippen LogP contribution in [0.2, 0.25) is 15.1 Å². The molecular weight excluding hydrogens is 581 g/mol. The van der Waals surface area contributed by atoms with E-state index in [9.17, 15) is 18.0 Å². The highest BCUT2D eigenvalue weighted by molar-refractivity contribution is 7.92. The monoisotopic (exact) mass is 609 g/mol. The summed E-state index contributed by atoms with van der Waals surface area (Å²) in [7, 11) is -2.72. The Bertz CT molecular complexity index is 1440. The van der Waals surface area contributed by atoms with Crippen LogP contribution in [-0.4, -0.2) is 44.8 Å². The smallest absolute Gasteiger partial charge is 0.264 e. The lowest BCUT2D eigenvalue weighted by Gasteiger charge is -2.33. The minimum absolute atomic E-state index is 0.0225. The van der Waals surface area contributed by atoms with Crippen molar-refractivity contribution in [1.82, 2.24) is 10.2 Å². The molecule has 0 aliphatic rings. The topological polar surface area (TPSA) is 86.8 Å². The van der Waals surface area contributed by atoms with E-state index in [4.69, 9.17) is 34.8 Å². The third-order valence-electron chi connectivity index (χ3n) is 6.34. The number of sulfonamides is 1. The number of halogens is 3. The molecule has 3 rings (SSSR count). The highest BCUT2D eigenvalue weighted by Crippen LogP contribution is 2.31. The zero-order valence-electron chi connectivity index (χ0n) is 22.0. The maximum absolute atomic E-state index is 14.0. The first-order chi connectivity index (χ1) is 18.4. The number of anilines is 1. The van der Waals surface area contributed by atoms with Crippen LogP contribution in [0.15, 0.2) is 65.6 Å². The first-order valence-corrected chi connectivity index (χ1v) is 14.8. The molecule has 39 heavy (non-hydrogen) atoms. The molecule has 3 aromatic rings. The Kier molecular flexibility index (Phi) is 10.3. The predicted octanol–water partition coefficient (Wildman–Crippen LogP) is 6.01. The van der Waals surface area contributed by atoms with Gasteiger partial charge in [0.05, 0.1) is 10.6 Å². The number of nitrogens with zero attached hydrogens (tertiary/aromatic N) is 2. The van der Waals surface area contributed by atoms with Gasteiger partial charge in [0.15, 0.2) is 0 Å². The highest BCUT2D eigenvalue weighted by atomic mass is 35.5. The second-order valence-corrected chi connectivity index (χ2v) is 12.1. The molecule has 0 saturated heterocycles. The van der Waals surface area contributed by atoms with Crippen molar-refractivity contribution in [3.8, 4) is 0 Å². The van der Waals surface area contributed by atoms with E-state index >= 15 is 0 Å². The fourth-order valence-corrected chi connectivity index (χ4v) is 6.41. The summed E-state index contributed by atoms with van der Waals surface area (Å²) in [6.07, 6.45) is 0.276. The lowest BCUT2D eigenvalue weighted by atomic mass is 10.1. The maximum atomic E-state index is 14.0. The van der Waals surface area contributed by atoms with Crippen LogP contribution in [0.3, 0.4) is 0 Å². The molecule has 208 valence electrons. The molecule has 0 aliphatic heterocycles. The molecule has 1 N–H and O–H groups in total. The molecule has 0 spiro atoms. The molecule has 0 bridgehead atoms. The van der Waals surface area contributed by atoms with Crippen LogP contribution in [0.25, 0.3) is 0 Å². The SMILES string of the molecule is CC[C@H](C(=O)NC)N(Cc1c(Cl)cccc1Cl)C(=O)CN(c1ccc(Cl)cc1C)S(=O)(=O)c1ccc(C)cc1. The molecule has 0 unspecified atom stereocenters. The van der Waals surface area contributed by atoms with E-state index in [1.54, 1.807) is 62.4 Å². The number of carbonyl (C=O) groups is 2. The summed E-state index contributed by atoms with van der Waals surface area (Å²) in [5.74, 6) is -1.00. The van der Waals surface area contributed by atoms with Crippen LogP contribution in [0.1, 0.15) is 30.0 Å². The minimum Gasteiger partial charge on any atom is -0.357 e. The summed E-state index contributed by atoms with van der Waals surface area (Å²) in [5, 5.41) is 3.66. The minimum atomic E-state index is -4.19. The molecule has 0 fully saturated rings. The van der Waals surface area contributed by atoms with Crippen LogP contribution in [-0.2, 0) is 26.2 Å². The van der Waals surface area contributed by atoms with E-state index in [-0.39, 0.29) is 23.5 Å². The van der Waals surface area contributed by atoms with Gasteiger partial charge in [-0.05, 0) is 68.3 Å². The zero-order chi connectivity index (χ0) is 28.9. The van der Waals surface area contributed by atoms with E-state index in [2.05, 4.69) is 5.32 Å². The fraction of sp³-hybridized carbons (Fsp3) is 0.286. The summed E-state index contributed by atoms with van der Waals surface area (Å²) in [6, 6.07) is 15.2. The van der Waals surface area contributed by atoms with Crippen LogP contribution in [0.5, 0.6) is 0 Å². The van der Waals surface area contributed by atoms with E-state index < -0.39 is 34.4 Å². The Morgan fingerprint density at radius 2 is 1.56 bits per heavy atom. The Morgan fingerprint density at radius 1 is 0.949 bits per heavy atom. The molecule has 7 nitrogen and oxygen atoms in total. The van der Waals surface area contributed by atoms with Crippen molar-refractivity contribution < 1.29 is 18.0 Å². The van der Waals surface area contributed by atoms with Gasteiger partial charge in [-0.1, -0.05) is 65.5 Å². The Labute approximate surface area is 244 Å². The van der Waals surface area contributed by atoms with E-state index in [0.717, 1.165) is 9.87 Å². The normalized spacial score (nSPS) is 12.1. The molecular formula is C28H30Cl3N3O4S. The molecule has 0 saturated carbocycles. The standard InChI is InChI=1S/C28H30Cl3N3O4S/c1-5-25(28(36)32-4)33(16-22-23(30)7-6-8-24(22)31)27(35)17-34(26-14-11-20(29)15-19(26)3)39(37,38)21-12-9-18(2)10-13-21/h6-15,25H,5,16-17H2,1-4H3,(H,32,36)/t25-/m1/s1. The van der Waals surface area contributed by atoms with Gasteiger partial charge in [-0.2, -0.15) is 0 Å². The zero-order valence-corrected chi connectivity index (χ0v) is 25.1. The quantitative estimate of drug-likeness (QED) is 0.305. The van der Waals surface area contributed by atoms with Gasteiger partial charge in [0.2, 0.25) is 11.8 Å². The molecule has 11 heteroatoms. The van der Waals surface area contributed by atoms with E-state index in [1.165, 1.54) is 24.1 Å². The number of benzene rings is 3. The highest BCUT2D eigenvalue weighted by Gasteiger charge is 2.34. The fourth-order valence-electron chi connectivity index (χ4n) is 4.19. The average Bonchev–Trinajstić information content (AvgIpc) is 2.89. The first kappa shape index (κ1) is 30.8. The maximum Gasteiger partial charge on any atom is 0.264 e.